The van der Waals surface area contributed by atoms with E-state index in [1.807, 2.05) is 0 Å². The Kier molecular flexibility index (Phi) is 9.10. The molecule has 0 spiro atoms. The van der Waals surface area contributed by atoms with Gasteiger partial charge in [-0.15, -0.1) is 0 Å². The van der Waals surface area contributed by atoms with Crippen molar-refractivity contribution in [3.05, 3.63) is 77.1 Å². The Morgan fingerprint density at radius 1 is 1.00 bits per heavy atom. The number of benzene rings is 2. The van der Waals surface area contributed by atoms with E-state index in [1.165, 1.54) is 24.3 Å². The second kappa shape index (κ2) is 12.0. The Morgan fingerprint density at radius 3 is 2.27 bits per heavy atom. The lowest BCUT2D eigenvalue weighted by molar-refractivity contribution is -0.141. The fourth-order valence-corrected chi connectivity index (χ4v) is 4.03. The van der Waals surface area contributed by atoms with E-state index in [0.29, 0.717) is 16.9 Å². The molecule has 2 aromatic carbocycles. The maximum absolute atomic E-state index is 13.3. The summed E-state index contributed by atoms with van der Waals surface area (Å²) in [5, 5.41) is 8.73. The minimum Gasteiger partial charge on any atom is -0.443 e. The number of aromatic nitrogens is 2. The minimum absolute atomic E-state index is 0.121. The van der Waals surface area contributed by atoms with Gasteiger partial charge < -0.3 is 15.4 Å². The molecule has 1 heterocycles. The van der Waals surface area contributed by atoms with Gasteiger partial charge in [-0.1, -0.05) is 24.3 Å². The predicted octanol–water partition coefficient (Wildman–Crippen LogP) is 4.38. The number of rotatable bonds is 8. The number of halogens is 3. The fourth-order valence-electron chi connectivity index (χ4n) is 3.34. The summed E-state index contributed by atoms with van der Waals surface area (Å²) in [5.74, 6) is 0. The first kappa shape index (κ1) is 30.4. The number of aryl methyl sites for hydroxylation is 1. The number of nitrogens with zero attached hydrogens (tertiary/aromatic N) is 2. The largest absolute Gasteiger partial charge is 0.443 e. The van der Waals surface area contributed by atoms with Crippen molar-refractivity contribution in [2.24, 2.45) is 0 Å². The molecular weight excluding hydrogens is 553 g/mol. The van der Waals surface area contributed by atoms with Gasteiger partial charge in [-0.2, -0.15) is 31.4 Å². The average molecular weight is 583 g/mol. The quantitative estimate of drug-likeness (QED) is 0.310. The third-order valence-corrected chi connectivity index (χ3v) is 6.00. The topological polar surface area (TPSA) is 143 Å². The van der Waals surface area contributed by atoms with Gasteiger partial charge in [0.15, 0.2) is 5.69 Å². The van der Waals surface area contributed by atoms with Gasteiger partial charge in [0.2, 0.25) is 0 Å². The Bertz CT molecular complexity index is 1470. The normalized spacial score (nSPS) is 12.1. The van der Waals surface area contributed by atoms with E-state index in [4.69, 9.17) is 4.74 Å². The van der Waals surface area contributed by atoms with Crippen LogP contribution >= 0.6 is 0 Å². The maximum Gasteiger partial charge on any atom is 0.435 e. The third-order valence-electron chi connectivity index (χ3n) is 5.04. The van der Waals surface area contributed by atoms with Crippen molar-refractivity contribution in [3.8, 4) is 5.69 Å². The van der Waals surface area contributed by atoms with Gasteiger partial charge >= 0.3 is 28.5 Å². The Labute approximate surface area is 229 Å². The van der Waals surface area contributed by atoms with E-state index in [2.05, 4.69) is 20.5 Å². The molecule has 3 rings (SSSR count). The molecule has 0 unspecified atom stereocenters. The molecule has 11 nitrogen and oxygen atoms in total. The Hall–Kier alpha value is -4.11. The van der Waals surface area contributed by atoms with Crippen LogP contribution in [0.25, 0.3) is 5.69 Å². The number of alkyl halides is 3. The van der Waals surface area contributed by atoms with Gasteiger partial charge in [0.25, 0.3) is 0 Å². The molecule has 0 aliphatic heterocycles. The lowest BCUT2D eigenvalue weighted by Crippen LogP contribution is -2.42. The van der Waals surface area contributed by atoms with E-state index >= 15 is 0 Å². The first-order valence-electron chi connectivity index (χ1n) is 11.9. The standard InChI is InChI=1S/C25H29F3N6O5S/c1-16-6-5-7-19(12-16)34-20(13-21(32-34)25(26,27)28)15-29-22(35)31-18-10-8-17(9-11-18)14-30-40(37,38)33-23(36)39-24(2,3)4/h5-13,30H,14-15H2,1-4H3,(H,33,36)(H2,29,31,35). The number of carbonyl (C=O) groups is 2. The van der Waals surface area contributed by atoms with Crippen LogP contribution in [-0.4, -0.2) is 35.9 Å². The third kappa shape index (κ3) is 9.27. The van der Waals surface area contributed by atoms with Crippen LogP contribution in [0.4, 0.5) is 28.4 Å². The van der Waals surface area contributed by atoms with Crippen LogP contribution in [0.3, 0.4) is 0 Å². The average Bonchev–Trinajstić information content (AvgIpc) is 3.26. The molecule has 0 aliphatic carbocycles. The first-order chi connectivity index (χ1) is 18.5. The molecule has 216 valence electrons. The van der Waals surface area contributed by atoms with Gasteiger partial charge in [0, 0.05) is 12.2 Å². The van der Waals surface area contributed by atoms with Crippen molar-refractivity contribution in [2.45, 2.75) is 52.6 Å². The van der Waals surface area contributed by atoms with Crippen LogP contribution < -0.4 is 20.1 Å². The summed E-state index contributed by atoms with van der Waals surface area (Å²) in [6.07, 6.45) is -5.78. The highest BCUT2D eigenvalue weighted by molar-refractivity contribution is 7.88. The summed E-state index contributed by atoms with van der Waals surface area (Å²) in [6.45, 7) is 6.17. The summed E-state index contributed by atoms with van der Waals surface area (Å²) < 4.78 is 73.9. The smallest absolute Gasteiger partial charge is 0.435 e. The summed E-state index contributed by atoms with van der Waals surface area (Å²) >= 11 is 0. The van der Waals surface area contributed by atoms with E-state index < -0.39 is 39.8 Å². The van der Waals surface area contributed by atoms with Gasteiger partial charge in [-0.25, -0.2) is 19.0 Å². The highest BCUT2D eigenvalue weighted by atomic mass is 32.2. The van der Waals surface area contributed by atoms with Crippen LogP contribution in [0.5, 0.6) is 0 Å². The number of amides is 3. The molecule has 0 aliphatic rings. The lowest BCUT2D eigenvalue weighted by atomic mass is 10.2. The van der Waals surface area contributed by atoms with Crippen molar-refractivity contribution in [2.75, 3.05) is 5.32 Å². The monoisotopic (exact) mass is 582 g/mol. The number of hydrogen-bond acceptors (Lipinski definition) is 6. The van der Waals surface area contributed by atoms with Gasteiger partial charge in [0.1, 0.15) is 5.60 Å². The van der Waals surface area contributed by atoms with Crippen LogP contribution in [0, 0.1) is 6.92 Å². The van der Waals surface area contributed by atoms with Crippen LogP contribution in [0.15, 0.2) is 54.6 Å². The van der Waals surface area contributed by atoms with Crippen molar-refractivity contribution in [3.63, 3.8) is 0 Å². The molecule has 3 amide bonds. The lowest BCUT2D eigenvalue weighted by Gasteiger charge is -2.19. The van der Waals surface area contributed by atoms with Gasteiger partial charge in [0.05, 0.1) is 17.9 Å². The first-order valence-corrected chi connectivity index (χ1v) is 13.4. The molecular formula is C25H29F3N6O5S. The van der Waals surface area contributed by atoms with Gasteiger partial charge in [-0.3, -0.25) is 0 Å². The number of hydrogen-bond donors (Lipinski definition) is 4. The summed E-state index contributed by atoms with van der Waals surface area (Å²) in [4.78, 5) is 24.1. The summed E-state index contributed by atoms with van der Waals surface area (Å²) in [6, 6.07) is 13.0. The molecule has 0 atom stereocenters. The Balaban J connectivity index is 1.57. The highest BCUT2D eigenvalue weighted by Crippen LogP contribution is 2.29. The second-order valence-electron chi connectivity index (χ2n) is 9.70. The SMILES string of the molecule is Cc1cccc(-n2nc(C(F)(F)F)cc2CNC(=O)Nc2ccc(CNS(=O)(=O)NC(=O)OC(C)(C)C)cc2)c1. The number of anilines is 1. The van der Waals surface area contributed by atoms with Crippen LogP contribution in [0.2, 0.25) is 0 Å². The van der Waals surface area contributed by atoms with Crippen LogP contribution in [0.1, 0.15) is 43.3 Å². The second-order valence-corrected chi connectivity index (χ2v) is 11.2. The van der Waals surface area contributed by atoms with E-state index in [0.717, 1.165) is 16.3 Å². The fraction of sp³-hybridized carbons (Fsp3) is 0.320. The van der Waals surface area contributed by atoms with E-state index in [-0.39, 0.29) is 18.8 Å². The number of nitrogens with one attached hydrogen (secondary N) is 4. The molecule has 0 saturated carbocycles. The zero-order valence-electron chi connectivity index (χ0n) is 22.1. The number of urea groups is 1. The number of carbonyl (C=O) groups excluding carboxylic acids is 2. The highest BCUT2D eigenvalue weighted by Gasteiger charge is 2.35. The van der Waals surface area contributed by atoms with E-state index in [1.54, 1.807) is 56.7 Å². The molecule has 0 radical (unpaired) electrons. The van der Waals surface area contributed by atoms with Crippen molar-refractivity contribution in [1.82, 2.24) is 24.5 Å². The van der Waals surface area contributed by atoms with Crippen LogP contribution in [-0.2, 0) is 34.2 Å². The van der Waals surface area contributed by atoms with Crippen molar-refractivity contribution >= 4 is 28.0 Å². The Morgan fingerprint density at radius 2 is 1.68 bits per heavy atom. The predicted molar refractivity (Wildman–Crippen MR) is 141 cm³/mol. The molecule has 4 N–H and O–H groups in total. The molecule has 15 heteroatoms. The maximum atomic E-state index is 13.3. The molecule has 0 fully saturated rings. The molecule has 0 bridgehead atoms. The molecule has 40 heavy (non-hydrogen) atoms. The molecule has 0 saturated heterocycles. The van der Waals surface area contributed by atoms with E-state index in [9.17, 15) is 31.2 Å². The zero-order valence-corrected chi connectivity index (χ0v) is 22.9. The van der Waals surface area contributed by atoms with Gasteiger partial charge in [-0.05, 0) is 69.2 Å². The number of ether oxygens (including phenoxy) is 1. The summed E-state index contributed by atoms with van der Waals surface area (Å²) in [7, 11) is -4.18. The summed E-state index contributed by atoms with van der Waals surface area (Å²) in [5.41, 5.74) is 0.271. The zero-order chi connectivity index (χ0) is 29.7. The van der Waals surface area contributed by atoms with Crippen molar-refractivity contribution in [1.29, 1.82) is 0 Å². The molecule has 1 aromatic heterocycles. The van der Waals surface area contributed by atoms with Crippen molar-refractivity contribution < 1.29 is 35.9 Å². The minimum atomic E-state index is -4.66. The molecule has 3 aromatic rings.